The molecule has 1 N–H and O–H groups in total. The van der Waals surface area contributed by atoms with E-state index in [9.17, 15) is 9.59 Å². The minimum atomic E-state index is -0.260. The van der Waals surface area contributed by atoms with Crippen LogP contribution in [0.3, 0.4) is 0 Å². The summed E-state index contributed by atoms with van der Waals surface area (Å²) in [5, 5.41) is 3.25. The Hall–Kier alpha value is -1.92. The van der Waals surface area contributed by atoms with Crippen molar-refractivity contribution in [2.75, 3.05) is 44.7 Å². The second kappa shape index (κ2) is 8.88. The highest BCUT2D eigenvalue weighted by Gasteiger charge is 2.51. The number of morpholine rings is 1. The summed E-state index contributed by atoms with van der Waals surface area (Å²) in [5.74, 6) is 2.78. The van der Waals surface area contributed by atoms with Gasteiger partial charge in [0.2, 0.25) is 5.91 Å². The number of fused-ring (bicyclic) bond motifs is 1. The molecule has 2 heterocycles. The SMILES string of the molecule is CC(C)(CN1CCOCC1)N1CCc2c(NC(=O)CC34CC5CC(CC(C5)C3)C4)cccc2C1=O. The summed E-state index contributed by atoms with van der Waals surface area (Å²) >= 11 is 0. The number of ether oxygens (including phenoxy) is 1. The van der Waals surface area contributed by atoms with E-state index < -0.39 is 0 Å². The number of amides is 2. The Morgan fingerprint density at radius 3 is 2.37 bits per heavy atom. The lowest BCUT2D eigenvalue weighted by Gasteiger charge is -2.56. The minimum Gasteiger partial charge on any atom is -0.379 e. The predicted octanol–water partition coefficient (Wildman–Crippen LogP) is 4.34. The van der Waals surface area contributed by atoms with E-state index in [0.717, 1.165) is 73.8 Å². The zero-order valence-electron chi connectivity index (χ0n) is 21.5. The molecule has 6 aliphatic rings. The highest BCUT2D eigenvalue weighted by molar-refractivity contribution is 6.01. The van der Waals surface area contributed by atoms with Gasteiger partial charge < -0.3 is 15.0 Å². The van der Waals surface area contributed by atoms with Crippen LogP contribution in [0.15, 0.2) is 18.2 Å². The summed E-state index contributed by atoms with van der Waals surface area (Å²) in [6, 6.07) is 5.84. The smallest absolute Gasteiger partial charge is 0.254 e. The number of hydrogen-bond acceptors (Lipinski definition) is 4. The molecule has 0 atom stereocenters. The third-order valence-electron chi connectivity index (χ3n) is 9.66. The first-order chi connectivity index (χ1) is 16.8. The highest BCUT2D eigenvalue weighted by Crippen LogP contribution is 2.61. The molecule has 4 saturated carbocycles. The van der Waals surface area contributed by atoms with Crippen LogP contribution in [-0.4, -0.2) is 66.5 Å². The maximum Gasteiger partial charge on any atom is 0.254 e. The molecule has 4 aliphatic carbocycles. The summed E-state index contributed by atoms with van der Waals surface area (Å²) in [7, 11) is 0. The van der Waals surface area contributed by atoms with E-state index in [1.165, 1.54) is 38.5 Å². The molecule has 0 aromatic heterocycles. The van der Waals surface area contributed by atoms with Crippen molar-refractivity contribution in [3.63, 3.8) is 0 Å². The van der Waals surface area contributed by atoms with Gasteiger partial charge in [-0.1, -0.05) is 6.07 Å². The average molecular weight is 480 g/mol. The van der Waals surface area contributed by atoms with Crippen LogP contribution in [0.1, 0.15) is 74.7 Å². The Kier molecular flexibility index (Phi) is 5.96. The van der Waals surface area contributed by atoms with Crippen LogP contribution >= 0.6 is 0 Å². The van der Waals surface area contributed by atoms with Gasteiger partial charge in [0.1, 0.15) is 0 Å². The van der Waals surface area contributed by atoms with Crippen molar-refractivity contribution < 1.29 is 14.3 Å². The Morgan fingerprint density at radius 2 is 1.71 bits per heavy atom. The quantitative estimate of drug-likeness (QED) is 0.659. The van der Waals surface area contributed by atoms with Crippen molar-refractivity contribution in [2.24, 2.45) is 23.2 Å². The molecular formula is C29H41N3O3. The molecule has 7 rings (SSSR count). The second-order valence-corrected chi connectivity index (χ2v) is 12.9. The maximum absolute atomic E-state index is 13.6. The zero-order chi connectivity index (χ0) is 24.2. The van der Waals surface area contributed by atoms with Crippen LogP contribution < -0.4 is 5.32 Å². The first-order valence-corrected chi connectivity index (χ1v) is 13.8. The Morgan fingerprint density at radius 1 is 1.06 bits per heavy atom. The number of nitrogens with zero attached hydrogens (tertiary/aromatic N) is 2. The zero-order valence-corrected chi connectivity index (χ0v) is 21.5. The van der Waals surface area contributed by atoms with E-state index in [4.69, 9.17) is 4.74 Å². The Balaban J connectivity index is 1.14. The van der Waals surface area contributed by atoms with Gasteiger partial charge in [-0.25, -0.2) is 0 Å². The fourth-order valence-corrected chi connectivity index (χ4v) is 8.66. The highest BCUT2D eigenvalue weighted by atomic mass is 16.5. The summed E-state index contributed by atoms with van der Waals surface area (Å²) in [6.07, 6.45) is 9.34. The molecule has 2 amide bonds. The summed E-state index contributed by atoms with van der Waals surface area (Å²) in [4.78, 5) is 31.3. The summed E-state index contributed by atoms with van der Waals surface area (Å²) in [6.45, 7) is 9.23. The molecule has 35 heavy (non-hydrogen) atoms. The Labute approximate surface area is 209 Å². The number of benzene rings is 1. The lowest BCUT2D eigenvalue weighted by atomic mass is 9.49. The standard InChI is InChI=1S/C29H41N3O3/c1-28(2,19-31-8-10-35-11-9-31)32-7-6-23-24(27(32)34)4-3-5-25(23)30-26(33)18-29-15-20-12-21(16-29)14-22(13-20)17-29/h3-5,20-22H,6-19H2,1-2H3,(H,30,33). The van der Waals surface area contributed by atoms with Gasteiger partial charge in [0, 0.05) is 43.9 Å². The largest absolute Gasteiger partial charge is 0.379 e. The monoisotopic (exact) mass is 479 g/mol. The van der Waals surface area contributed by atoms with Crippen LogP contribution in [0.5, 0.6) is 0 Å². The molecule has 4 bridgehead atoms. The van der Waals surface area contributed by atoms with E-state index in [2.05, 4.69) is 24.1 Å². The van der Waals surface area contributed by atoms with Crippen molar-refractivity contribution in [3.8, 4) is 0 Å². The molecule has 1 aromatic carbocycles. The lowest BCUT2D eigenvalue weighted by Crippen LogP contribution is -2.57. The predicted molar refractivity (Wildman–Crippen MR) is 136 cm³/mol. The first-order valence-electron chi connectivity index (χ1n) is 13.8. The number of carbonyl (C=O) groups excluding carboxylic acids is 2. The fraction of sp³-hybridized carbons (Fsp3) is 0.724. The van der Waals surface area contributed by atoms with Crippen LogP contribution in [0, 0.1) is 23.2 Å². The van der Waals surface area contributed by atoms with Crippen LogP contribution in [0.2, 0.25) is 0 Å². The first kappa shape index (κ1) is 23.5. The number of carbonyl (C=O) groups is 2. The van der Waals surface area contributed by atoms with Gasteiger partial charge in [0.25, 0.3) is 5.91 Å². The molecule has 190 valence electrons. The minimum absolute atomic E-state index is 0.0849. The van der Waals surface area contributed by atoms with Crippen molar-refractivity contribution in [2.45, 2.75) is 70.8 Å². The second-order valence-electron chi connectivity index (χ2n) is 12.9. The van der Waals surface area contributed by atoms with E-state index in [1.54, 1.807) is 0 Å². The van der Waals surface area contributed by atoms with Gasteiger partial charge in [-0.2, -0.15) is 0 Å². The third kappa shape index (κ3) is 4.53. The fourth-order valence-electron chi connectivity index (χ4n) is 8.66. The summed E-state index contributed by atoms with van der Waals surface area (Å²) in [5.41, 5.74) is 2.57. The van der Waals surface area contributed by atoms with Gasteiger partial charge in [-0.05, 0) is 99.7 Å². The number of anilines is 1. The molecule has 1 saturated heterocycles. The molecular weight excluding hydrogens is 438 g/mol. The van der Waals surface area contributed by atoms with E-state index in [-0.39, 0.29) is 22.8 Å². The lowest BCUT2D eigenvalue weighted by molar-refractivity contribution is -0.124. The average Bonchev–Trinajstić information content (AvgIpc) is 2.78. The molecule has 6 nitrogen and oxygen atoms in total. The topological polar surface area (TPSA) is 61.9 Å². The van der Waals surface area contributed by atoms with E-state index in [1.807, 2.05) is 23.1 Å². The maximum atomic E-state index is 13.6. The van der Waals surface area contributed by atoms with Crippen molar-refractivity contribution >= 4 is 17.5 Å². The van der Waals surface area contributed by atoms with Crippen LogP contribution in [-0.2, 0) is 16.0 Å². The molecule has 0 radical (unpaired) electrons. The van der Waals surface area contributed by atoms with Gasteiger partial charge >= 0.3 is 0 Å². The van der Waals surface area contributed by atoms with Crippen molar-refractivity contribution in [3.05, 3.63) is 29.3 Å². The molecule has 0 unspecified atom stereocenters. The van der Waals surface area contributed by atoms with Gasteiger partial charge in [-0.15, -0.1) is 0 Å². The van der Waals surface area contributed by atoms with Gasteiger partial charge in [-0.3, -0.25) is 14.5 Å². The molecule has 0 spiro atoms. The molecule has 2 aliphatic heterocycles. The third-order valence-corrected chi connectivity index (χ3v) is 9.66. The number of rotatable bonds is 6. The van der Waals surface area contributed by atoms with E-state index in [0.29, 0.717) is 13.0 Å². The van der Waals surface area contributed by atoms with Crippen molar-refractivity contribution in [1.82, 2.24) is 9.80 Å². The van der Waals surface area contributed by atoms with E-state index >= 15 is 0 Å². The molecule has 6 heteroatoms. The normalized spacial score (nSPS) is 32.6. The number of nitrogens with one attached hydrogen (secondary N) is 1. The number of hydrogen-bond donors (Lipinski definition) is 1. The van der Waals surface area contributed by atoms with Crippen molar-refractivity contribution in [1.29, 1.82) is 0 Å². The van der Waals surface area contributed by atoms with Crippen LogP contribution in [0.25, 0.3) is 0 Å². The van der Waals surface area contributed by atoms with Gasteiger partial charge in [0.05, 0.1) is 18.8 Å². The summed E-state index contributed by atoms with van der Waals surface area (Å²) < 4.78 is 5.49. The molecule has 1 aromatic rings. The van der Waals surface area contributed by atoms with Crippen LogP contribution in [0.4, 0.5) is 5.69 Å². The molecule has 5 fully saturated rings. The van der Waals surface area contributed by atoms with Gasteiger partial charge in [0.15, 0.2) is 0 Å². The Bertz CT molecular complexity index is 962.